The Hall–Kier alpha value is -2.21. The second kappa shape index (κ2) is 4.81. The molecule has 2 N–H and O–H groups in total. The summed E-state index contributed by atoms with van der Waals surface area (Å²) in [5, 5.41) is 4.47. The third kappa shape index (κ3) is 2.22. The summed E-state index contributed by atoms with van der Waals surface area (Å²) >= 11 is 3.49. The number of halogens is 1. The van der Waals surface area contributed by atoms with E-state index in [-0.39, 0.29) is 0 Å². The lowest BCUT2D eigenvalue weighted by atomic mass is 10.3. The van der Waals surface area contributed by atoms with Gasteiger partial charge in [-0.2, -0.15) is 5.10 Å². The van der Waals surface area contributed by atoms with Gasteiger partial charge in [0.15, 0.2) is 0 Å². The van der Waals surface area contributed by atoms with Crippen LogP contribution in [0.2, 0.25) is 0 Å². The van der Waals surface area contributed by atoms with E-state index in [4.69, 9.17) is 5.73 Å². The summed E-state index contributed by atoms with van der Waals surface area (Å²) in [6, 6.07) is 7.80. The zero-order valence-corrected chi connectivity index (χ0v) is 11.4. The molecular formula is C13H10BrN5. The summed E-state index contributed by atoms with van der Waals surface area (Å²) in [7, 11) is 0. The summed E-state index contributed by atoms with van der Waals surface area (Å²) in [6.07, 6.45) is 6.64. The van der Waals surface area contributed by atoms with E-state index in [1.165, 1.54) is 0 Å². The maximum atomic E-state index is 5.99. The van der Waals surface area contributed by atoms with Gasteiger partial charge in [0.2, 0.25) is 0 Å². The first kappa shape index (κ1) is 11.9. The molecule has 0 aliphatic rings. The fraction of sp³-hybridized carbons (Fsp3) is 0. The molecule has 0 unspecified atom stereocenters. The molecule has 0 atom stereocenters. The first-order valence-corrected chi connectivity index (χ1v) is 6.41. The molecule has 0 aliphatic heterocycles. The molecule has 94 valence electrons. The highest BCUT2D eigenvalue weighted by atomic mass is 79.9. The van der Waals surface area contributed by atoms with Crippen molar-refractivity contribution in [2.24, 2.45) is 0 Å². The third-order valence-corrected chi connectivity index (χ3v) is 3.32. The van der Waals surface area contributed by atoms with Crippen molar-refractivity contribution in [1.82, 2.24) is 19.7 Å². The molecule has 5 nitrogen and oxygen atoms in total. The summed E-state index contributed by atoms with van der Waals surface area (Å²) in [4.78, 5) is 8.23. The smallest absolute Gasteiger partial charge is 0.136 e. The average molecular weight is 316 g/mol. The van der Waals surface area contributed by atoms with Gasteiger partial charge in [-0.25, -0.2) is 4.68 Å². The van der Waals surface area contributed by atoms with Gasteiger partial charge >= 0.3 is 0 Å². The molecule has 0 fully saturated rings. The number of para-hydroxylation sites is 1. The van der Waals surface area contributed by atoms with Crippen LogP contribution in [0.1, 0.15) is 0 Å². The Bertz CT molecular complexity index is 708. The van der Waals surface area contributed by atoms with Gasteiger partial charge in [0, 0.05) is 16.9 Å². The number of nitrogen functional groups attached to an aromatic ring is 1. The Labute approximate surface area is 118 Å². The van der Waals surface area contributed by atoms with Crippen molar-refractivity contribution < 1.29 is 0 Å². The van der Waals surface area contributed by atoms with E-state index in [1.54, 1.807) is 29.5 Å². The minimum atomic E-state index is 0.566. The molecule has 0 radical (unpaired) electrons. The Morgan fingerprint density at radius 2 is 2.00 bits per heavy atom. The molecule has 2 aromatic heterocycles. The minimum Gasteiger partial charge on any atom is -0.396 e. The number of benzene rings is 1. The quantitative estimate of drug-likeness (QED) is 0.789. The number of aromatic nitrogens is 4. The van der Waals surface area contributed by atoms with Crippen molar-refractivity contribution in [3.8, 4) is 17.1 Å². The molecule has 2 heterocycles. The van der Waals surface area contributed by atoms with Gasteiger partial charge in [0.05, 0.1) is 23.8 Å². The van der Waals surface area contributed by atoms with Gasteiger partial charge in [-0.1, -0.05) is 12.1 Å². The highest BCUT2D eigenvalue weighted by Crippen LogP contribution is 2.26. The van der Waals surface area contributed by atoms with Crippen LogP contribution in [0.4, 0.5) is 5.69 Å². The molecule has 3 aromatic rings. The second-order valence-electron chi connectivity index (χ2n) is 3.92. The Balaban J connectivity index is 2.10. The minimum absolute atomic E-state index is 0.566. The Kier molecular flexibility index (Phi) is 3.00. The molecular weight excluding hydrogens is 306 g/mol. The summed E-state index contributed by atoms with van der Waals surface area (Å²) < 4.78 is 2.67. The molecule has 0 saturated heterocycles. The van der Waals surface area contributed by atoms with E-state index in [1.807, 2.05) is 24.3 Å². The third-order valence-electron chi connectivity index (χ3n) is 2.65. The highest BCUT2D eigenvalue weighted by molar-refractivity contribution is 9.10. The molecule has 3 rings (SSSR count). The predicted molar refractivity (Wildman–Crippen MR) is 76.7 cm³/mol. The van der Waals surface area contributed by atoms with Crippen LogP contribution < -0.4 is 5.73 Å². The second-order valence-corrected chi connectivity index (χ2v) is 4.77. The first-order chi connectivity index (χ1) is 9.25. The van der Waals surface area contributed by atoms with Gasteiger partial charge in [-0.15, -0.1) is 0 Å². The van der Waals surface area contributed by atoms with E-state index < -0.39 is 0 Å². The predicted octanol–water partition coefficient (Wildman–Crippen LogP) is 2.67. The van der Waals surface area contributed by atoms with E-state index >= 15 is 0 Å². The van der Waals surface area contributed by atoms with Crippen LogP contribution in [0.3, 0.4) is 0 Å². The lowest BCUT2D eigenvalue weighted by Gasteiger charge is -2.03. The molecule has 6 heteroatoms. The Morgan fingerprint density at radius 3 is 2.74 bits per heavy atom. The van der Waals surface area contributed by atoms with E-state index in [0.717, 1.165) is 10.2 Å². The number of hydrogen-bond acceptors (Lipinski definition) is 4. The zero-order valence-electron chi connectivity index (χ0n) is 9.86. The summed E-state index contributed by atoms with van der Waals surface area (Å²) in [5.41, 5.74) is 8.77. The van der Waals surface area contributed by atoms with Crippen molar-refractivity contribution in [3.63, 3.8) is 0 Å². The normalized spacial score (nSPS) is 10.6. The lowest BCUT2D eigenvalue weighted by Crippen LogP contribution is -1.96. The fourth-order valence-electron chi connectivity index (χ4n) is 1.77. The van der Waals surface area contributed by atoms with Crippen LogP contribution in [-0.4, -0.2) is 19.7 Å². The lowest BCUT2D eigenvalue weighted by molar-refractivity contribution is 0.877. The topological polar surface area (TPSA) is 69.6 Å². The van der Waals surface area contributed by atoms with E-state index in [2.05, 4.69) is 31.0 Å². The number of nitrogens with zero attached hydrogens (tertiary/aromatic N) is 4. The van der Waals surface area contributed by atoms with Crippen molar-refractivity contribution >= 4 is 21.6 Å². The van der Waals surface area contributed by atoms with Gasteiger partial charge < -0.3 is 5.73 Å². The molecule has 1 aromatic carbocycles. The highest BCUT2D eigenvalue weighted by Gasteiger charge is 2.12. The molecule has 0 amide bonds. The van der Waals surface area contributed by atoms with Gasteiger partial charge in [0.1, 0.15) is 11.4 Å². The first-order valence-electron chi connectivity index (χ1n) is 5.62. The summed E-state index contributed by atoms with van der Waals surface area (Å²) in [6.45, 7) is 0. The van der Waals surface area contributed by atoms with Gasteiger partial charge in [0.25, 0.3) is 0 Å². The number of rotatable bonds is 2. The van der Waals surface area contributed by atoms with E-state index in [0.29, 0.717) is 17.1 Å². The maximum Gasteiger partial charge on any atom is 0.136 e. The van der Waals surface area contributed by atoms with Crippen LogP contribution in [-0.2, 0) is 0 Å². The van der Waals surface area contributed by atoms with Crippen LogP contribution in [0, 0.1) is 0 Å². The molecule has 19 heavy (non-hydrogen) atoms. The van der Waals surface area contributed by atoms with Crippen LogP contribution >= 0.6 is 15.9 Å². The molecule has 0 spiro atoms. The number of anilines is 1. The molecule has 0 saturated carbocycles. The Morgan fingerprint density at radius 1 is 1.16 bits per heavy atom. The van der Waals surface area contributed by atoms with Gasteiger partial charge in [-0.05, 0) is 28.1 Å². The number of hydrogen-bond donors (Lipinski definition) is 1. The van der Waals surface area contributed by atoms with Crippen molar-refractivity contribution in [3.05, 3.63) is 53.5 Å². The van der Waals surface area contributed by atoms with E-state index in [9.17, 15) is 0 Å². The average Bonchev–Trinajstić information content (AvgIpc) is 2.82. The van der Waals surface area contributed by atoms with Crippen molar-refractivity contribution in [2.75, 3.05) is 5.73 Å². The zero-order chi connectivity index (χ0) is 13.2. The van der Waals surface area contributed by atoms with Crippen molar-refractivity contribution in [2.45, 2.75) is 0 Å². The van der Waals surface area contributed by atoms with Crippen LogP contribution in [0.25, 0.3) is 17.1 Å². The van der Waals surface area contributed by atoms with Crippen molar-refractivity contribution in [1.29, 1.82) is 0 Å². The van der Waals surface area contributed by atoms with Crippen LogP contribution in [0.5, 0.6) is 0 Å². The maximum absolute atomic E-state index is 5.99. The SMILES string of the molecule is Nc1cn(-c2ccccc2Br)nc1-c1cnccn1. The fourth-order valence-corrected chi connectivity index (χ4v) is 2.24. The largest absolute Gasteiger partial charge is 0.396 e. The monoisotopic (exact) mass is 315 g/mol. The molecule has 0 bridgehead atoms. The van der Waals surface area contributed by atoms with Crippen LogP contribution in [0.15, 0.2) is 53.5 Å². The molecule has 0 aliphatic carbocycles. The summed E-state index contributed by atoms with van der Waals surface area (Å²) in [5.74, 6) is 0. The van der Waals surface area contributed by atoms with Gasteiger partial charge in [-0.3, -0.25) is 9.97 Å². The number of nitrogens with two attached hydrogens (primary N) is 1. The standard InChI is InChI=1S/C13H10BrN5/c14-9-3-1-2-4-12(9)19-8-10(15)13(18-19)11-7-16-5-6-17-11/h1-8H,15H2.